The van der Waals surface area contributed by atoms with Crippen molar-refractivity contribution >= 4 is 29.9 Å². The number of aromatic nitrogens is 1. The van der Waals surface area contributed by atoms with E-state index in [1.54, 1.807) is 12.3 Å². The summed E-state index contributed by atoms with van der Waals surface area (Å²) in [5, 5.41) is 0.300. The molecule has 0 spiro atoms. The molecule has 16 heavy (non-hydrogen) atoms. The van der Waals surface area contributed by atoms with E-state index < -0.39 is 7.12 Å². The third kappa shape index (κ3) is 2.03. The standard InChI is InChI=1S/C10H14BClN2O2/c1-6-10(2,3)16-11(15-6)7-4-8(13)9(12)14-5-7/h4-6H,13H2,1-3H3. The average molecular weight is 240 g/mol. The van der Waals surface area contributed by atoms with Crippen LogP contribution in [0.15, 0.2) is 12.3 Å². The summed E-state index contributed by atoms with van der Waals surface area (Å²) in [6.45, 7) is 5.96. The molecule has 0 bridgehead atoms. The van der Waals surface area contributed by atoms with Crippen LogP contribution >= 0.6 is 11.6 Å². The number of nitrogens with zero attached hydrogens (tertiary/aromatic N) is 1. The fourth-order valence-electron chi connectivity index (χ4n) is 1.51. The van der Waals surface area contributed by atoms with Crippen molar-refractivity contribution in [2.45, 2.75) is 32.5 Å². The summed E-state index contributed by atoms with van der Waals surface area (Å²) < 4.78 is 11.5. The van der Waals surface area contributed by atoms with E-state index in [0.717, 1.165) is 5.46 Å². The summed E-state index contributed by atoms with van der Waals surface area (Å²) in [6, 6.07) is 1.73. The lowest BCUT2D eigenvalue weighted by atomic mass is 9.80. The molecule has 1 aliphatic heterocycles. The number of anilines is 1. The van der Waals surface area contributed by atoms with Gasteiger partial charge in [0.05, 0.1) is 17.4 Å². The molecule has 2 rings (SSSR count). The van der Waals surface area contributed by atoms with Crippen LogP contribution in [0.3, 0.4) is 0 Å². The SMILES string of the molecule is CC1OB(c2cnc(Cl)c(N)c2)OC1(C)C. The summed E-state index contributed by atoms with van der Waals surface area (Å²) >= 11 is 5.75. The van der Waals surface area contributed by atoms with Gasteiger partial charge in [0.15, 0.2) is 5.15 Å². The minimum absolute atomic E-state index is 0.0226. The molecule has 6 heteroatoms. The largest absolute Gasteiger partial charge is 0.496 e. The first kappa shape index (κ1) is 11.7. The Bertz CT molecular complexity index is 414. The number of nitrogen functional groups attached to an aromatic ring is 1. The minimum Gasteiger partial charge on any atom is -0.402 e. The van der Waals surface area contributed by atoms with Crippen LogP contribution in [0.4, 0.5) is 5.69 Å². The molecule has 86 valence electrons. The zero-order valence-electron chi connectivity index (χ0n) is 9.53. The monoisotopic (exact) mass is 240 g/mol. The van der Waals surface area contributed by atoms with E-state index in [2.05, 4.69) is 4.98 Å². The fourth-order valence-corrected chi connectivity index (χ4v) is 1.61. The molecular weight excluding hydrogens is 226 g/mol. The number of pyridine rings is 1. The van der Waals surface area contributed by atoms with Gasteiger partial charge in [-0.15, -0.1) is 0 Å². The molecular formula is C10H14BClN2O2. The maximum absolute atomic E-state index is 5.78. The highest BCUT2D eigenvalue weighted by molar-refractivity contribution is 6.62. The molecule has 1 fully saturated rings. The second-order valence-electron chi connectivity index (χ2n) is 4.48. The number of hydrogen-bond acceptors (Lipinski definition) is 4. The lowest BCUT2D eigenvalue weighted by molar-refractivity contribution is 0.0842. The van der Waals surface area contributed by atoms with Gasteiger partial charge in [-0.2, -0.15) is 0 Å². The Kier molecular flexibility index (Phi) is 2.86. The molecule has 1 atom stereocenters. The molecule has 1 aromatic heterocycles. The quantitative estimate of drug-likeness (QED) is 0.592. The van der Waals surface area contributed by atoms with Gasteiger partial charge in [-0.1, -0.05) is 11.6 Å². The normalized spacial score (nSPS) is 23.8. The van der Waals surface area contributed by atoms with Crippen molar-refractivity contribution in [3.63, 3.8) is 0 Å². The zero-order chi connectivity index (χ0) is 11.9. The van der Waals surface area contributed by atoms with Crippen LogP contribution in [0.25, 0.3) is 0 Å². The lowest BCUT2D eigenvalue weighted by Crippen LogP contribution is -2.35. The number of rotatable bonds is 1. The Hall–Kier alpha value is -0.775. The van der Waals surface area contributed by atoms with Crippen molar-refractivity contribution in [3.8, 4) is 0 Å². The smallest absolute Gasteiger partial charge is 0.402 e. The number of nitrogens with two attached hydrogens (primary N) is 1. The van der Waals surface area contributed by atoms with Crippen LogP contribution in [0.2, 0.25) is 5.15 Å². The molecule has 4 nitrogen and oxygen atoms in total. The van der Waals surface area contributed by atoms with Crippen LogP contribution in [-0.2, 0) is 9.31 Å². The van der Waals surface area contributed by atoms with Crippen molar-refractivity contribution in [3.05, 3.63) is 17.4 Å². The van der Waals surface area contributed by atoms with Gasteiger partial charge in [-0.3, -0.25) is 0 Å². The lowest BCUT2D eigenvalue weighted by Gasteiger charge is -2.21. The van der Waals surface area contributed by atoms with Crippen LogP contribution < -0.4 is 11.2 Å². The Morgan fingerprint density at radius 2 is 2.25 bits per heavy atom. The maximum Gasteiger partial charge on any atom is 0.496 e. The van der Waals surface area contributed by atoms with Crippen molar-refractivity contribution < 1.29 is 9.31 Å². The van der Waals surface area contributed by atoms with Gasteiger partial charge in [0.25, 0.3) is 0 Å². The first-order valence-electron chi connectivity index (χ1n) is 5.14. The van der Waals surface area contributed by atoms with Gasteiger partial charge in [-0.05, 0) is 26.8 Å². The molecule has 1 saturated heterocycles. The van der Waals surface area contributed by atoms with E-state index in [4.69, 9.17) is 26.6 Å². The molecule has 1 unspecified atom stereocenters. The Morgan fingerprint density at radius 3 is 2.75 bits per heavy atom. The fraction of sp³-hybridized carbons (Fsp3) is 0.500. The Labute approximate surface area is 100 Å². The predicted molar refractivity (Wildman–Crippen MR) is 64.8 cm³/mol. The summed E-state index contributed by atoms with van der Waals surface area (Å²) in [6.07, 6.45) is 1.65. The Balaban J connectivity index is 2.24. The first-order valence-corrected chi connectivity index (χ1v) is 5.52. The highest BCUT2D eigenvalue weighted by atomic mass is 35.5. The number of halogens is 1. The van der Waals surface area contributed by atoms with Crippen molar-refractivity contribution in [1.82, 2.24) is 4.98 Å². The molecule has 0 aliphatic carbocycles. The molecule has 1 aliphatic rings. The van der Waals surface area contributed by atoms with Gasteiger partial charge in [0.2, 0.25) is 0 Å². The topological polar surface area (TPSA) is 57.4 Å². The highest BCUT2D eigenvalue weighted by Crippen LogP contribution is 2.27. The van der Waals surface area contributed by atoms with E-state index in [-0.39, 0.29) is 11.7 Å². The molecule has 0 amide bonds. The van der Waals surface area contributed by atoms with Crippen LogP contribution in [-0.4, -0.2) is 23.8 Å². The second-order valence-corrected chi connectivity index (χ2v) is 4.84. The molecule has 2 N–H and O–H groups in total. The maximum atomic E-state index is 5.78. The van der Waals surface area contributed by atoms with E-state index in [0.29, 0.717) is 10.8 Å². The van der Waals surface area contributed by atoms with Gasteiger partial charge >= 0.3 is 7.12 Å². The van der Waals surface area contributed by atoms with Crippen molar-refractivity contribution in [2.75, 3.05) is 5.73 Å². The first-order chi connectivity index (χ1) is 7.40. The molecule has 0 radical (unpaired) electrons. The summed E-state index contributed by atoms with van der Waals surface area (Å²) in [5.74, 6) is 0. The highest BCUT2D eigenvalue weighted by Gasteiger charge is 2.44. The molecule has 2 heterocycles. The van der Waals surface area contributed by atoms with Crippen molar-refractivity contribution in [2.24, 2.45) is 0 Å². The van der Waals surface area contributed by atoms with Crippen LogP contribution in [0.5, 0.6) is 0 Å². The minimum atomic E-state index is -0.419. The second kappa shape index (κ2) is 3.91. The van der Waals surface area contributed by atoms with Gasteiger partial charge in [0, 0.05) is 11.7 Å². The summed E-state index contributed by atoms with van der Waals surface area (Å²) in [5.41, 5.74) is 6.60. The van der Waals surface area contributed by atoms with E-state index in [9.17, 15) is 0 Å². The van der Waals surface area contributed by atoms with E-state index in [1.807, 2.05) is 20.8 Å². The molecule has 1 aromatic rings. The summed E-state index contributed by atoms with van der Waals surface area (Å²) in [4.78, 5) is 3.98. The van der Waals surface area contributed by atoms with E-state index in [1.165, 1.54) is 0 Å². The third-order valence-corrected chi connectivity index (χ3v) is 3.19. The van der Waals surface area contributed by atoms with E-state index >= 15 is 0 Å². The zero-order valence-corrected chi connectivity index (χ0v) is 10.3. The summed E-state index contributed by atoms with van der Waals surface area (Å²) in [7, 11) is -0.419. The van der Waals surface area contributed by atoms with Gasteiger partial charge in [-0.25, -0.2) is 4.98 Å². The van der Waals surface area contributed by atoms with Gasteiger partial charge < -0.3 is 15.0 Å². The van der Waals surface area contributed by atoms with Crippen LogP contribution in [0, 0.1) is 0 Å². The molecule has 0 saturated carbocycles. The molecule has 0 aromatic carbocycles. The predicted octanol–water partition coefficient (Wildman–Crippen LogP) is 1.23. The van der Waals surface area contributed by atoms with Crippen molar-refractivity contribution in [1.29, 1.82) is 0 Å². The van der Waals surface area contributed by atoms with Gasteiger partial charge in [0.1, 0.15) is 0 Å². The number of hydrogen-bond donors (Lipinski definition) is 1. The average Bonchev–Trinajstić information content (AvgIpc) is 2.46. The third-order valence-electron chi connectivity index (χ3n) is 2.88. The Morgan fingerprint density at radius 1 is 1.56 bits per heavy atom. The van der Waals surface area contributed by atoms with Crippen LogP contribution in [0.1, 0.15) is 20.8 Å².